The van der Waals surface area contributed by atoms with Crippen LogP contribution >= 0.6 is 11.6 Å². The predicted octanol–water partition coefficient (Wildman–Crippen LogP) is 3.49. The molecule has 0 saturated carbocycles. The highest BCUT2D eigenvalue weighted by molar-refractivity contribution is 6.18. The molecule has 1 unspecified atom stereocenters. The van der Waals surface area contributed by atoms with E-state index in [-0.39, 0.29) is 0 Å². The number of halogens is 1. The van der Waals surface area contributed by atoms with E-state index >= 15 is 0 Å². The Morgan fingerprint density at radius 2 is 2.12 bits per heavy atom. The van der Waals surface area contributed by atoms with E-state index in [0.29, 0.717) is 18.4 Å². The maximum absolute atomic E-state index is 5.74. The summed E-state index contributed by atoms with van der Waals surface area (Å²) in [6, 6.07) is 9.90. The lowest BCUT2D eigenvalue weighted by Gasteiger charge is -2.11. The minimum Gasteiger partial charge on any atom is -0.491 e. The number of para-hydroxylation sites is 1. The van der Waals surface area contributed by atoms with Gasteiger partial charge in [0.25, 0.3) is 0 Å². The molecule has 2 aromatic rings. The van der Waals surface area contributed by atoms with Crippen molar-refractivity contribution < 1.29 is 4.74 Å². The van der Waals surface area contributed by atoms with Gasteiger partial charge in [0.2, 0.25) is 0 Å². The SMILES string of the molecule is CC(CCl)COc1cccc2cccnc12. The van der Waals surface area contributed by atoms with Gasteiger partial charge >= 0.3 is 0 Å². The number of ether oxygens (including phenoxy) is 1. The smallest absolute Gasteiger partial charge is 0.145 e. The van der Waals surface area contributed by atoms with Crippen molar-refractivity contribution in [3.8, 4) is 5.75 Å². The molecule has 0 saturated heterocycles. The van der Waals surface area contributed by atoms with Gasteiger partial charge in [-0.25, -0.2) is 0 Å². The van der Waals surface area contributed by atoms with E-state index in [1.165, 1.54) is 0 Å². The fourth-order valence-corrected chi connectivity index (χ4v) is 1.56. The van der Waals surface area contributed by atoms with Crippen LogP contribution in [0, 0.1) is 5.92 Å². The van der Waals surface area contributed by atoms with Crippen molar-refractivity contribution in [1.29, 1.82) is 0 Å². The van der Waals surface area contributed by atoms with E-state index in [1.807, 2.05) is 30.3 Å². The number of aromatic nitrogens is 1. The third kappa shape index (κ3) is 2.45. The zero-order chi connectivity index (χ0) is 11.4. The molecular weight excluding hydrogens is 222 g/mol. The molecule has 84 valence electrons. The van der Waals surface area contributed by atoms with Crippen LogP contribution in [0.15, 0.2) is 36.5 Å². The molecule has 0 aliphatic carbocycles. The molecule has 2 nitrogen and oxygen atoms in total. The highest BCUT2D eigenvalue weighted by atomic mass is 35.5. The molecule has 1 aromatic carbocycles. The number of fused-ring (bicyclic) bond motifs is 1. The molecule has 0 radical (unpaired) electrons. The molecule has 0 N–H and O–H groups in total. The number of rotatable bonds is 4. The lowest BCUT2D eigenvalue weighted by Crippen LogP contribution is -2.09. The monoisotopic (exact) mass is 235 g/mol. The second-order valence-electron chi connectivity index (χ2n) is 3.90. The Hall–Kier alpha value is -1.28. The van der Waals surface area contributed by atoms with Gasteiger partial charge in [0.1, 0.15) is 11.3 Å². The highest BCUT2D eigenvalue weighted by Crippen LogP contribution is 2.23. The zero-order valence-electron chi connectivity index (χ0n) is 9.19. The average Bonchev–Trinajstić information content (AvgIpc) is 2.35. The van der Waals surface area contributed by atoms with Crippen molar-refractivity contribution in [2.45, 2.75) is 6.92 Å². The summed E-state index contributed by atoms with van der Waals surface area (Å²) in [6.07, 6.45) is 1.78. The molecule has 2 rings (SSSR count). The number of hydrogen-bond donors (Lipinski definition) is 0. The molecule has 0 spiro atoms. The van der Waals surface area contributed by atoms with Crippen LogP contribution in [0.4, 0.5) is 0 Å². The van der Waals surface area contributed by atoms with Crippen molar-refractivity contribution in [1.82, 2.24) is 4.98 Å². The Bertz CT molecular complexity index is 467. The molecule has 3 heteroatoms. The molecule has 0 amide bonds. The fraction of sp³-hybridized carbons (Fsp3) is 0.308. The van der Waals surface area contributed by atoms with Crippen LogP contribution in [0.5, 0.6) is 5.75 Å². The summed E-state index contributed by atoms with van der Waals surface area (Å²) in [5, 5.41) is 1.10. The maximum Gasteiger partial charge on any atom is 0.145 e. The summed E-state index contributed by atoms with van der Waals surface area (Å²) < 4.78 is 5.72. The average molecular weight is 236 g/mol. The number of hydrogen-bond acceptors (Lipinski definition) is 2. The van der Waals surface area contributed by atoms with Gasteiger partial charge in [0.05, 0.1) is 6.61 Å². The van der Waals surface area contributed by atoms with Crippen LogP contribution in [-0.2, 0) is 0 Å². The van der Waals surface area contributed by atoms with Gasteiger partial charge in [-0.05, 0) is 12.1 Å². The van der Waals surface area contributed by atoms with Crippen molar-refractivity contribution in [2.24, 2.45) is 5.92 Å². The summed E-state index contributed by atoms with van der Waals surface area (Å²) in [5.41, 5.74) is 0.909. The molecule has 1 aromatic heterocycles. The van der Waals surface area contributed by atoms with Gasteiger partial charge in [-0.1, -0.05) is 25.1 Å². The van der Waals surface area contributed by atoms with Crippen molar-refractivity contribution in [3.05, 3.63) is 36.5 Å². The summed E-state index contributed by atoms with van der Waals surface area (Å²) in [7, 11) is 0. The second kappa shape index (κ2) is 5.17. The highest BCUT2D eigenvalue weighted by Gasteiger charge is 2.05. The lowest BCUT2D eigenvalue weighted by molar-refractivity contribution is 0.275. The van der Waals surface area contributed by atoms with Gasteiger partial charge in [-0.3, -0.25) is 4.98 Å². The van der Waals surface area contributed by atoms with Gasteiger partial charge in [-0.15, -0.1) is 11.6 Å². The minimum atomic E-state index is 0.348. The van der Waals surface area contributed by atoms with E-state index in [9.17, 15) is 0 Å². The molecule has 0 aliphatic rings. The largest absolute Gasteiger partial charge is 0.491 e. The minimum absolute atomic E-state index is 0.348. The topological polar surface area (TPSA) is 22.1 Å². The number of benzene rings is 1. The van der Waals surface area contributed by atoms with Crippen molar-refractivity contribution in [3.63, 3.8) is 0 Å². The van der Waals surface area contributed by atoms with E-state index < -0.39 is 0 Å². The van der Waals surface area contributed by atoms with Crippen LogP contribution in [0.3, 0.4) is 0 Å². The standard InChI is InChI=1S/C13H14ClNO/c1-10(8-14)9-16-12-6-2-4-11-5-3-7-15-13(11)12/h2-7,10H,8-9H2,1H3. The number of nitrogens with zero attached hydrogens (tertiary/aromatic N) is 1. The third-order valence-electron chi connectivity index (χ3n) is 2.38. The van der Waals surface area contributed by atoms with E-state index in [1.54, 1.807) is 6.20 Å². The Morgan fingerprint density at radius 1 is 1.31 bits per heavy atom. The lowest BCUT2D eigenvalue weighted by atomic mass is 10.2. The molecule has 0 bridgehead atoms. The number of pyridine rings is 1. The van der Waals surface area contributed by atoms with Crippen LogP contribution < -0.4 is 4.74 Å². The third-order valence-corrected chi connectivity index (χ3v) is 2.91. The van der Waals surface area contributed by atoms with E-state index in [2.05, 4.69) is 11.9 Å². The first-order chi connectivity index (χ1) is 7.81. The predicted molar refractivity (Wildman–Crippen MR) is 67.1 cm³/mol. The second-order valence-corrected chi connectivity index (χ2v) is 4.21. The van der Waals surface area contributed by atoms with Crippen LogP contribution in [0.25, 0.3) is 10.9 Å². The maximum atomic E-state index is 5.74. The zero-order valence-corrected chi connectivity index (χ0v) is 9.95. The summed E-state index contributed by atoms with van der Waals surface area (Å²) in [5.74, 6) is 1.79. The van der Waals surface area contributed by atoms with Crippen LogP contribution in [0.1, 0.15) is 6.92 Å². The fourth-order valence-electron chi connectivity index (χ4n) is 1.47. The molecule has 16 heavy (non-hydrogen) atoms. The first kappa shape index (κ1) is 11.2. The van der Waals surface area contributed by atoms with Gasteiger partial charge in [-0.2, -0.15) is 0 Å². The van der Waals surface area contributed by atoms with E-state index in [0.717, 1.165) is 16.7 Å². The summed E-state index contributed by atoms with van der Waals surface area (Å²) in [4.78, 5) is 4.33. The first-order valence-electron chi connectivity index (χ1n) is 5.34. The van der Waals surface area contributed by atoms with E-state index in [4.69, 9.17) is 16.3 Å². The Kier molecular flexibility index (Phi) is 3.62. The van der Waals surface area contributed by atoms with Gasteiger partial charge in [0, 0.05) is 23.4 Å². The summed E-state index contributed by atoms with van der Waals surface area (Å²) in [6.45, 7) is 2.69. The Morgan fingerprint density at radius 3 is 2.94 bits per heavy atom. The molecule has 0 aliphatic heterocycles. The molecule has 1 atom stereocenters. The first-order valence-corrected chi connectivity index (χ1v) is 5.87. The van der Waals surface area contributed by atoms with Crippen molar-refractivity contribution >= 4 is 22.5 Å². The quantitative estimate of drug-likeness (QED) is 0.757. The van der Waals surface area contributed by atoms with Gasteiger partial charge in [0.15, 0.2) is 0 Å². The molecule has 1 heterocycles. The molecular formula is C13H14ClNO. The van der Waals surface area contributed by atoms with Crippen LogP contribution in [-0.4, -0.2) is 17.5 Å². The van der Waals surface area contributed by atoms with Gasteiger partial charge < -0.3 is 4.74 Å². The number of alkyl halides is 1. The Balaban J connectivity index is 2.23. The van der Waals surface area contributed by atoms with Crippen molar-refractivity contribution in [2.75, 3.05) is 12.5 Å². The molecule has 0 fully saturated rings. The normalized spacial score (nSPS) is 12.6. The Labute approximate surface area is 100 Å². The summed E-state index contributed by atoms with van der Waals surface area (Å²) >= 11 is 5.74. The van der Waals surface area contributed by atoms with Crippen LogP contribution in [0.2, 0.25) is 0 Å².